The average Bonchev–Trinajstić information content (AvgIpc) is 3.01. The highest BCUT2D eigenvalue weighted by Gasteiger charge is 2.46. The molecule has 4 N–H and O–H groups in total. The zero-order chi connectivity index (χ0) is 14.3. The molecular weight excluding hydrogens is 262 g/mol. The number of ether oxygens (including phenoxy) is 1. The van der Waals surface area contributed by atoms with E-state index in [1.807, 2.05) is 6.92 Å². The summed E-state index contributed by atoms with van der Waals surface area (Å²) < 4.78 is 7.61. The smallest absolute Gasteiger partial charge is 0.167 e. The first-order valence-corrected chi connectivity index (χ1v) is 6.41. The maximum Gasteiger partial charge on any atom is 0.167 e. The Morgan fingerprint density at radius 3 is 2.80 bits per heavy atom. The summed E-state index contributed by atoms with van der Waals surface area (Å²) in [6.07, 6.45) is 2.84. The summed E-state index contributed by atoms with van der Waals surface area (Å²) >= 11 is 0. The second-order valence-corrected chi connectivity index (χ2v) is 5.20. The van der Waals surface area contributed by atoms with Crippen LogP contribution in [0, 0.1) is 5.41 Å². The fourth-order valence-corrected chi connectivity index (χ4v) is 2.62. The maximum absolute atomic E-state index is 9.55. The average molecular weight is 279 g/mol. The van der Waals surface area contributed by atoms with E-state index in [-0.39, 0.29) is 25.5 Å². The summed E-state index contributed by atoms with van der Waals surface area (Å²) in [5.74, 6) is 0.315. The van der Waals surface area contributed by atoms with Gasteiger partial charge in [0.1, 0.15) is 18.1 Å². The molecule has 1 fully saturated rings. The van der Waals surface area contributed by atoms with Crippen molar-refractivity contribution in [3.05, 3.63) is 12.7 Å². The summed E-state index contributed by atoms with van der Waals surface area (Å²) in [4.78, 5) is 12.3. The molecule has 108 valence electrons. The number of aliphatic hydroxyl groups is 2. The third kappa shape index (κ3) is 1.76. The largest absolute Gasteiger partial charge is 0.396 e. The van der Waals surface area contributed by atoms with Crippen molar-refractivity contribution in [2.75, 3.05) is 18.9 Å². The first-order chi connectivity index (χ1) is 9.61. The van der Waals surface area contributed by atoms with Gasteiger partial charge >= 0.3 is 0 Å². The van der Waals surface area contributed by atoms with Crippen LogP contribution in [-0.4, -0.2) is 49.0 Å². The van der Waals surface area contributed by atoms with Crippen LogP contribution in [0.4, 0.5) is 5.82 Å². The van der Waals surface area contributed by atoms with Gasteiger partial charge in [0.05, 0.1) is 25.6 Å². The number of nitrogens with two attached hydrogens (primary N) is 1. The van der Waals surface area contributed by atoms with Crippen molar-refractivity contribution in [1.82, 2.24) is 19.5 Å². The molecule has 0 aliphatic carbocycles. The normalized spacial score (nSPS) is 25.4. The van der Waals surface area contributed by atoms with Gasteiger partial charge in [0.25, 0.3) is 0 Å². The summed E-state index contributed by atoms with van der Waals surface area (Å²) in [6, 6.07) is 0. The number of nitrogens with zero attached hydrogens (tertiary/aromatic N) is 4. The van der Waals surface area contributed by atoms with Crippen LogP contribution >= 0.6 is 0 Å². The predicted molar refractivity (Wildman–Crippen MR) is 70.5 cm³/mol. The monoisotopic (exact) mass is 279 g/mol. The van der Waals surface area contributed by atoms with Crippen LogP contribution in [0.3, 0.4) is 0 Å². The van der Waals surface area contributed by atoms with E-state index in [9.17, 15) is 10.2 Å². The van der Waals surface area contributed by atoms with Gasteiger partial charge in [-0.15, -0.1) is 0 Å². The van der Waals surface area contributed by atoms with Crippen LogP contribution in [0.2, 0.25) is 0 Å². The third-order valence-corrected chi connectivity index (χ3v) is 4.13. The fourth-order valence-electron chi connectivity index (χ4n) is 2.62. The number of fused-ring (bicyclic) bond motifs is 1. The van der Waals surface area contributed by atoms with Gasteiger partial charge in [0, 0.05) is 11.8 Å². The van der Waals surface area contributed by atoms with E-state index in [0.717, 1.165) is 0 Å². The number of aromatic nitrogens is 4. The van der Waals surface area contributed by atoms with Crippen molar-refractivity contribution < 1.29 is 14.9 Å². The standard InChI is InChI=1S/C12H17N5O3/c1-7-12(3-18,4-19)2-8(20-7)17-6-16-9-10(13)14-5-15-11(9)17/h5-8,18-19H,2-4H2,1H3,(H2,13,14,15)/t7-,8-/m0/s1. The van der Waals surface area contributed by atoms with Gasteiger partial charge in [-0.3, -0.25) is 4.57 Å². The van der Waals surface area contributed by atoms with Crippen molar-refractivity contribution in [3.63, 3.8) is 0 Å². The second kappa shape index (κ2) is 4.65. The number of nitrogen functional groups attached to an aromatic ring is 1. The van der Waals surface area contributed by atoms with E-state index < -0.39 is 5.41 Å². The molecule has 8 heteroatoms. The Kier molecular flexibility index (Phi) is 3.08. The van der Waals surface area contributed by atoms with Gasteiger partial charge in [-0.2, -0.15) is 0 Å². The molecule has 2 aromatic rings. The minimum absolute atomic E-state index is 0.134. The lowest BCUT2D eigenvalue weighted by Crippen LogP contribution is -2.36. The Labute approximate surface area is 115 Å². The molecule has 2 atom stereocenters. The Balaban J connectivity index is 1.99. The zero-order valence-corrected chi connectivity index (χ0v) is 11.1. The molecule has 0 radical (unpaired) electrons. The molecule has 0 saturated carbocycles. The van der Waals surface area contributed by atoms with Crippen LogP contribution in [0.25, 0.3) is 11.2 Å². The molecule has 0 unspecified atom stereocenters. The van der Waals surface area contributed by atoms with E-state index in [0.29, 0.717) is 23.4 Å². The summed E-state index contributed by atoms with van der Waals surface area (Å²) in [5, 5.41) is 19.1. The van der Waals surface area contributed by atoms with Gasteiger partial charge in [-0.05, 0) is 6.92 Å². The molecular formula is C12H17N5O3. The number of aliphatic hydroxyl groups excluding tert-OH is 2. The summed E-state index contributed by atoms with van der Waals surface area (Å²) in [7, 11) is 0. The van der Waals surface area contributed by atoms with Crippen molar-refractivity contribution in [1.29, 1.82) is 0 Å². The molecule has 1 saturated heterocycles. The Hall–Kier alpha value is -1.77. The predicted octanol–water partition coefficient (Wildman–Crippen LogP) is -0.313. The van der Waals surface area contributed by atoms with E-state index in [4.69, 9.17) is 10.5 Å². The first-order valence-electron chi connectivity index (χ1n) is 6.41. The molecule has 0 bridgehead atoms. The van der Waals surface area contributed by atoms with Gasteiger partial charge in [-0.1, -0.05) is 0 Å². The molecule has 3 heterocycles. The van der Waals surface area contributed by atoms with Crippen LogP contribution < -0.4 is 5.73 Å². The highest BCUT2D eigenvalue weighted by Crippen LogP contribution is 2.43. The van der Waals surface area contributed by atoms with E-state index in [2.05, 4.69) is 15.0 Å². The number of anilines is 1. The Morgan fingerprint density at radius 1 is 1.40 bits per heavy atom. The van der Waals surface area contributed by atoms with Crippen molar-refractivity contribution in [2.24, 2.45) is 5.41 Å². The summed E-state index contributed by atoms with van der Waals surface area (Å²) in [5.41, 5.74) is 6.21. The zero-order valence-electron chi connectivity index (χ0n) is 11.1. The van der Waals surface area contributed by atoms with Gasteiger partial charge < -0.3 is 20.7 Å². The maximum atomic E-state index is 9.55. The molecule has 1 aliphatic heterocycles. The minimum Gasteiger partial charge on any atom is -0.396 e. The van der Waals surface area contributed by atoms with Gasteiger partial charge in [-0.25, -0.2) is 15.0 Å². The molecule has 0 amide bonds. The topological polar surface area (TPSA) is 119 Å². The van der Waals surface area contributed by atoms with Crippen LogP contribution in [0.5, 0.6) is 0 Å². The van der Waals surface area contributed by atoms with Crippen LogP contribution in [0.15, 0.2) is 12.7 Å². The quantitative estimate of drug-likeness (QED) is 0.704. The van der Waals surface area contributed by atoms with Crippen molar-refractivity contribution in [2.45, 2.75) is 25.7 Å². The highest BCUT2D eigenvalue weighted by atomic mass is 16.5. The van der Waals surface area contributed by atoms with Crippen molar-refractivity contribution in [3.8, 4) is 0 Å². The molecule has 20 heavy (non-hydrogen) atoms. The number of hydrogen-bond acceptors (Lipinski definition) is 7. The third-order valence-electron chi connectivity index (χ3n) is 4.13. The summed E-state index contributed by atoms with van der Waals surface area (Å²) in [6.45, 7) is 1.57. The second-order valence-electron chi connectivity index (χ2n) is 5.20. The SMILES string of the molecule is C[C@@H]1O[C@H](n2cnc3c(N)ncnc32)CC1(CO)CO. The fraction of sp³-hybridized carbons (Fsp3) is 0.583. The minimum atomic E-state index is -0.653. The Bertz CT molecular complexity index is 625. The van der Waals surface area contributed by atoms with E-state index in [1.54, 1.807) is 10.9 Å². The lowest BCUT2D eigenvalue weighted by atomic mass is 9.83. The van der Waals surface area contributed by atoms with Crippen LogP contribution in [0.1, 0.15) is 19.6 Å². The molecule has 8 nitrogen and oxygen atoms in total. The van der Waals surface area contributed by atoms with E-state index >= 15 is 0 Å². The van der Waals surface area contributed by atoms with Gasteiger partial charge in [0.15, 0.2) is 11.5 Å². The molecule has 0 aromatic carbocycles. The lowest BCUT2D eigenvalue weighted by molar-refractivity contribution is -0.0348. The van der Waals surface area contributed by atoms with Gasteiger partial charge in [0.2, 0.25) is 0 Å². The molecule has 0 spiro atoms. The molecule has 1 aliphatic rings. The number of rotatable bonds is 3. The Morgan fingerprint density at radius 2 is 2.15 bits per heavy atom. The number of hydrogen-bond donors (Lipinski definition) is 3. The van der Waals surface area contributed by atoms with Crippen LogP contribution in [-0.2, 0) is 4.74 Å². The number of imidazole rings is 1. The lowest BCUT2D eigenvalue weighted by Gasteiger charge is -2.26. The molecule has 3 rings (SSSR count). The highest BCUT2D eigenvalue weighted by molar-refractivity contribution is 5.81. The molecule has 2 aromatic heterocycles. The van der Waals surface area contributed by atoms with E-state index in [1.165, 1.54) is 6.33 Å². The first kappa shape index (κ1) is 13.2. The van der Waals surface area contributed by atoms with Crippen molar-refractivity contribution >= 4 is 17.0 Å².